The molecule has 0 spiro atoms. The molecule has 3 aromatic rings. The Morgan fingerprint density at radius 1 is 1.05 bits per heavy atom. The van der Waals surface area contributed by atoms with Gasteiger partial charge in [-0.2, -0.15) is 9.97 Å². The first-order chi connectivity index (χ1) is 20.1. The van der Waals surface area contributed by atoms with Gasteiger partial charge in [-0.3, -0.25) is 4.90 Å². The van der Waals surface area contributed by atoms with Crippen molar-refractivity contribution in [1.82, 2.24) is 20.2 Å². The van der Waals surface area contributed by atoms with Gasteiger partial charge in [-0.1, -0.05) is 24.1 Å². The monoisotopic (exact) mass is 551 g/mol. The van der Waals surface area contributed by atoms with Gasteiger partial charge in [-0.05, 0) is 94.0 Å². The van der Waals surface area contributed by atoms with Crippen LogP contribution in [-0.4, -0.2) is 58.7 Å². The minimum atomic E-state index is -0.349. The van der Waals surface area contributed by atoms with Crippen LogP contribution in [0.2, 0.25) is 0 Å². The van der Waals surface area contributed by atoms with Crippen LogP contribution in [0.3, 0.4) is 0 Å². The molecule has 0 saturated carbocycles. The van der Waals surface area contributed by atoms with Crippen LogP contribution in [0.25, 0.3) is 10.8 Å². The number of nitrogens with one attached hydrogen (secondary N) is 1. The van der Waals surface area contributed by atoms with Crippen molar-refractivity contribution in [3.05, 3.63) is 58.7 Å². The summed E-state index contributed by atoms with van der Waals surface area (Å²) in [5, 5.41) is 5.56. The van der Waals surface area contributed by atoms with E-state index in [4.69, 9.17) is 21.1 Å². The fourth-order valence-electron chi connectivity index (χ4n) is 8.72. The second-order valence-corrected chi connectivity index (χ2v) is 12.9. The fourth-order valence-corrected chi connectivity index (χ4v) is 8.72. The molecular formula is C34H38FN5O. The van der Waals surface area contributed by atoms with Crippen molar-refractivity contribution in [3.63, 3.8) is 0 Å². The fraction of sp³-hybridized carbons (Fsp3) is 0.529. The van der Waals surface area contributed by atoms with Gasteiger partial charge in [0.05, 0.1) is 29.0 Å². The number of terminal acetylenes is 1. The van der Waals surface area contributed by atoms with E-state index in [1.807, 2.05) is 18.2 Å². The van der Waals surface area contributed by atoms with Crippen LogP contribution in [0, 0.1) is 18.2 Å². The Labute approximate surface area is 241 Å². The Bertz CT molecular complexity index is 1530. The Balaban J connectivity index is 1.16. The summed E-state index contributed by atoms with van der Waals surface area (Å²) in [4.78, 5) is 15.2. The zero-order valence-corrected chi connectivity index (χ0v) is 23.7. The molecule has 2 bridgehead atoms. The number of benzene rings is 2. The van der Waals surface area contributed by atoms with Crippen LogP contribution in [0.4, 0.5) is 10.1 Å². The summed E-state index contributed by atoms with van der Waals surface area (Å²) in [6.45, 7) is 4.48. The lowest BCUT2D eigenvalue weighted by molar-refractivity contribution is 0.107. The number of fused-ring (bicyclic) bond motifs is 5. The molecule has 0 amide bonds. The van der Waals surface area contributed by atoms with Crippen molar-refractivity contribution in [2.24, 2.45) is 0 Å². The van der Waals surface area contributed by atoms with Crippen LogP contribution >= 0.6 is 0 Å². The molecule has 7 heteroatoms. The van der Waals surface area contributed by atoms with E-state index < -0.39 is 0 Å². The smallest absolute Gasteiger partial charge is 0.316 e. The third-order valence-corrected chi connectivity index (χ3v) is 10.7. The van der Waals surface area contributed by atoms with Gasteiger partial charge in [0, 0.05) is 35.6 Å². The van der Waals surface area contributed by atoms with E-state index in [9.17, 15) is 4.39 Å². The Morgan fingerprint density at radius 2 is 1.85 bits per heavy atom. The van der Waals surface area contributed by atoms with Crippen molar-refractivity contribution in [2.45, 2.75) is 87.9 Å². The van der Waals surface area contributed by atoms with Crippen molar-refractivity contribution < 1.29 is 9.13 Å². The second-order valence-electron chi connectivity index (χ2n) is 12.9. The molecule has 6 nitrogen and oxygen atoms in total. The summed E-state index contributed by atoms with van der Waals surface area (Å²) in [7, 11) is 0. The van der Waals surface area contributed by atoms with Gasteiger partial charge < -0.3 is 15.0 Å². The molecule has 1 aromatic heterocycles. The Hall–Kier alpha value is -3.21. The summed E-state index contributed by atoms with van der Waals surface area (Å²) in [5.74, 6) is 2.70. The van der Waals surface area contributed by atoms with Crippen molar-refractivity contribution in [1.29, 1.82) is 0 Å². The highest BCUT2D eigenvalue weighted by Gasteiger charge is 2.45. The zero-order valence-electron chi connectivity index (χ0n) is 23.7. The predicted octanol–water partition coefficient (Wildman–Crippen LogP) is 5.32. The number of rotatable bonds is 5. The summed E-state index contributed by atoms with van der Waals surface area (Å²) < 4.78 is 21.3. The summed E-state index contributed by atoms with van der Waals surface area (Å²) >= 11 is 0. The van der Waals surface area contributed by atoms with Crippen molar-refractivity contribution >= 4 is 16.5 Å². The minimum Gasteiger partial charge on any atom is -0.461 e. The number of halogens is 1. The molecule has 2 unspecified atom stereocenters. The molecule has 0 aliphatic carbocycles. The number of hydrogen-bond donors (Lipinski definition) is 1. The largest absolute Gasteiger partial charge is 0.461 e. The highest BCUT2D eigenvalue weighted by atomic mass is 19.1. The maximum atomic E-state index is 14.8. The first-order valence-corrected chi connectivity index (χ1v) is 15.6. The Morgan fingerprint density at radius 3 is 2.63 bits per heavy atom. The average Bonchev–Trinajstić information content (AvgIpc) is 3.68. The molecular weight excluding hydrogens is 513 g/mol. The topological polar surface area (TPSA) is 53.5 Å². The van der Waals surface area contributed by atoms with E-state index >= 15 is 0 Å². The molecule has 1 N–H and O–H groups in total. The highest BCUT2D eigenvalue weighted by molar-refractivity contribution is 5.99. The molecule has 5 aliphatic rings. The van der Waals surface area contributed by atoms with Crippen LogP contribution in [0.1, 0.15) is 79.8 Å². The lowest BCUT2D eigenvalue weighted by Gasteiger charge is -2.35. The first-order valence-electron chi connectivity index (χ1n) is 15.6. The maximum absolute atomic E-state index is 14.8. The van der Waals surface area contributed by atoms with Gasteiger partial charge in [0.25, 0.3) is 0 Å². The van der Waals surface area contributed by atoms with Gasteiger partial charge in [0.1, 0.15) is 12.4 Å². The molecule has 41 heavy (non-hydrogen) atoms. The van der Waals surface area contributed by atoms with Crippen LogP contribution in [0.15, 0.2) is 30.3 Å². The van der Waals surface area contributed by atoms with Gasteiger partial charge in [-0.25, -0.2) is 4.39 Å². The molecule has 2 aromatic carbocycles. The standard InChI is InChI=1S/C34H38FN5O/c1-2-26-28(35)11-8-22-6-3-7-30(31(22)26)39-17-12-27-29(20-39)37-33(41-21-34-13-4-15-40(34)16-5-14-34)38-32(27)23-18-24-9-10-25(19-23)36-24/h1,3,6-8,11,23-25,36H,4-5,9-10,12-21H2. The molecule has 4 fully saturated rings. The molecule has 8 rings (SSSR count). The van der Waals surface area contributed by atoms with Crippen molar-refractivity contribution in [2.75, 3.05) is 31.1 Å². The highest BCUT2D eigenvalue weighted by Crippen LogP contribution is 2.42. The Kier molecular flexibility index (Phi) is 6.19. The third kappa shape index (κ3) is 4.30. The molecule has 2 atom stereocenters. The second kappa shape index (κ2) is 9.96. The number of nitrogens with zero attached hydrogens (tertiary/aromatic N) is 4. The van der Waals surface area contributed by atoms with E-state index in [0.29, 0.717) is 42.7 Å². The number of anilines is 1. The van der Waals surface area contributed by atoms with E-state index in [-0.39, 0.29) is 11.4 Å². The van der Waals surface area contributed by atoms with Gasteiger partial charge >= 0.3 is 6.01 Å². The SMILES string of the molecule is C#Cc1c(F)ccc2cccc(N3CCc4c(nc(OCC56CCCN5CCC6)nc4C4CC5CCC(C4)N5)C3)c12. The summed E-state index contributed by atoms with van der Waals surface area (Å²) in [6.07, 6.45) is 16.4. The van der Waals surface area contributed by atoms with Gasteiger partial charge in [0.2, 0.25) is 0 Å². The average molecular weight is 552 g/mol. The predicted molar refractivity (Wildman–Crippen MR) is 159 cm³/mol. The minimum absolute atomic E-state index is 0.151. The normalized spacial score (nSPS) is 26.6. The lowest BCUT2D eigenvalue weighted by atomic mass is 9.85. The van der Waals surface area contributed by atoms with E-state index in [0.717, 1.165) is 48.0 Å². The third-order valence-electron chi connectivity index (χ3n) is 10.7. The van der Waals surface area contributed by atoms with Crippen LogP contribution < -0.4 is 15.0 Å². The lowest BCUT2D eigenvalue weighted by Crippen LogP contribution is -2.43. The van der Waals surface area contributed by atoms with E-state index in [1.54, 1.807) is 0 Å². The van der Waals surface area contributed by atoms with Gasteiger partial charge in [0.15, 0.2) is 0 Å². The molecule has 0 radical (unpaired) electrons. The number of hydrogen-bond acceptors (Lipinski definition) is 6. The van der Waals surface area contributed by atoms with Crippen LogP contribution in [0.5, 0.6) is 6.01 Å². The first kappa shape index (κ1) is 25.5. The molecule has 6 heterocycles. The van der Waals surface area contributed by atoms with E-state index in [2.05, 4.69) is 27.1 Å². The zero-order chi connectivity index (χ0) is 27.6. The number of ether oxygens (including phenoxy) is 1. The molecule has 4 saturated heterocycles. The van der Waals surface area contributed by atoms with Crippen LogP contribution in [-0.2, 0) is 13.0 Å². The van der Waals surface area contributed by atoms with Crippen molar-refractivity contribution in [3.8, 4) is 18.4 Å². The number of piperidine rings is 1. The summed E-state index contributed by atoms with van der Waals surface area (Å²) in [6, 6.07) is 11.1. The van der Waals surface area contributed by atoms with E-state index in [1.165, 1.54) is 68.9 Å². The quantitative estimate of drug-likeness (QED) is 0.434. The summed E-state index contributed by atoms with van der Waals surface area (Å²) in [5.41, 5.74) is 5.00. The molecule has 5 aliphatic heterocycles. The number of aromatic nitrogens is 2. The maximum Gasteiger partial charge on any atom is 0.316 e. The van der Waals surface area contributed by atoms with Gasteiger partial charge in [-0.15, -0.1) is 6.42 Å². The molecule has 212 valence electrons.